The number of hydrogen-bond acceptors (Lipinski definition) is 4. The van der Waals surface area contributed by atoms with Crippen LogP contribution in [0.15, 0.2) is 30.3 Å². The Balaban J connectivity index is 1.31. The van der Waals surface area contributed by atoms with Gasteiger partial charge in [-0.2, -0.15) is 12.7 Å². The minimum Gasteiger partial charge on any atom is -0.301 e. The Kier molecular flexibility index (Phi) is 8.08. The Bertz CT molecular complexity index is 637. The van der Waals surface area contributed by atoms with Gasteiger partial charge in [0.25, 0.3) is 10.2 Å². The van der Waals surface area contributed by atoms with Gasteiger partial charge in [0.15, 0.2) is 0 Å². The molecule has 1 N–H and O–H groups in total. The van der Waals surface area contributed by atoms with Gasteiger partial charge in [0, 0.05) is 52.4 Å². The van der Waals surface area contributed by atoms with Crippen LogP contribution in [0.4, 0.5) is 0 Å². The van der Waals surface area contributed by atoms with E-state index in [1.807, 2.05) is 0 Å². The number of hydrogen-bond donors (Lipinski definition) is 1. The molecule has 1 aromatic rings. The Morgan fingerprint density at radius 1 is 0.815 bits per heavy atom. The van der Waals surface area contributed by atoms with Crippen molar-refractivity contribution in [3.8, 4) is 0 Å². The van der Waals surface area contributed by atoms with Crippen molar-refractivity contribution in [1.29, 1.82) is 0 Å². The summed E-state index contributed by atoms with van der Waals surface area (Å²) < 4.78 is 29.2. The van der Waals surface area contributed by atoms with E-state index >= 15 is 0 Å². The molecule has 0 unspecified atom stereocenters. The molecule has 7 heteroatoms. The fourth-order valence-electron chi connectivity index (χ4n) is 3.89. The van der Waals surface area contributed by atoms with Gasteiger partial charge < -0.3 is 4.90 Å². The van der Waals surface area contributed by atoms with Gasteiger partial charge in [0.05, 0.1) is 0 Å². The SMILES string of the molecule is O=S(=O)(NCCCN1CCN(Cc2ccccc2)CC1)N1CCCCCC1. The van der Waals surface area contributed by atoms with Gasteiger partial charge in [-0.25, -0.2) is 4.72 Å². The van der Waals surface area contributed by atoms with Crippen LogP contribution in [0.1, 0.15) is 37.7 Å². The third kappa shape index (κ3) is 6.84. The first-order valence-electron chi connectivity index (χ1n) is 10.4. The van der Waals surface area contributed by atoms with E-state index in [1.165, 1.54) is 5.56 Å². The molecule has 6 nitrogen and oxygen atoms in total. The van der Waals surface area contributed by atoms with Gasteiger partial charge in [-0.3, -0.25) is 4.90 Å². The van der Waals surface area contributed by atoms with Crippen molar-refractivity contribution in [3.63, 3.8) is 0 Å². The van der Waals surface area contributed by atoms with Crippen molar-refractivity contribution in [2.24, 2.45) is 0 Å². The molecule has 3 rings (SSSR count). The Morgan fingerprint density at radius 3 is 2.11 bits per heavy atom. The molecule has 0 spiro atoms. The lowest BCUT2D eigenvalue weighted by Gasteiger charge is -2.34. The predicted octanol–water partition coefficient (Wildman–Crippen LogP) is 1.90. The average Bonchev–Trinajstić information content (AvgIpc) is 2.98. The first-order valence-corrected chi connectivity index (χ1v) is 11.8. The molecule has 1 aromatic carbocycles. The molecule has 0 bridgehead atoms. The van der Waals surface area contributed by atoms with E-state index in [0.717, 1.165) is 71.4 Å². The summed E-state index contributed by atoms with van der Waals surface area (Å²) >= 11 is 0. The van der Waals surface area contributed by atoms with Crippen molar-refractivity contribution in [2.75, 3.05) is 52.4 Å². The van der Waals surface area contributed by atoms with E-state index in [-0.39, 0.29) is 0 Å². The highest BCUT2D eigenvalue weighted by Gasteiger charge is 2.22. The summed E-state index contributed by atoms with van der Waals surface area (Å²) in [5.41, 5.74) is 1.37. The summed E-state index contributed by atoms with van der Waals surface area (Å²) in [5, 5.41) is 0. The van der Waals surface area contributed by atoms with Crippen molar-refractivity contribution in [1.82, 2.24) is 18.8 Å². The second kappa shape index (κ2) is 10.5. The first-order chi connectivity index (χ1) is 13.1. The van der Waals surface area contributed by atoms with E-state index in [0.29, 0.717) is 19.6 Å². The second-order valence-electron chi connectivity index (χ2n) is 7.67. The van der Waals surface area contributed by atoms with Crippen LogP contribution in [0.25, 0.3) is 0 Å². The van der Waals surface area contributed by atoms with E-state index < -0.39 is 10.2 Å². The first kappa shape index (κ1) is 20.7. The lowest BCUT2D eigenvalue weighted by Crippen LogP contribution is -2.47. The third-order valence-corrected chi connectivity index (χ3v) is 7.17. The molecule has 2 aliphatic rings. The molecule has 2 heterocycles. The minimum absolute atomic E-state index is 0.531. The maximum atomic E-state index is 12.4. The van der Waals surface area contributed by atoms with E-state index in [2.05, 4.69) is 44.9 Å². The van der Waals surface area contributed by atoms with Crippen LogP contribution < -0.4 is 4.72 Å². The van der Waals surface area contributed by atoms with Crippen LogP contribution in [0, 0.1) is 0 Å². The van der Waals surface area contributed by atoms with Gasteiger partial charge in [-0.15, -0.1) is 0 Å². The molecule has 0 amide bonds. The van der Waals surface area contributed by atoms with Crippen LogP contribution in [0.3, 0.4) is 0 Å². The highest BCUT2D eigenvalue weighted by Crippen LogP contribution is 2.12. The lowest BCUT2D eigenvalue weighted by atomic mass is 10.2. The second-order valence-corrected chi connectivity index (χ2v) is 9.42. The number of nitrogens with one attached hydrogen (secondary N) is 1. The fraction of sp³-hybridized carbons (Fsp3) is 0.700. The van der Waals surface area contributed by atoms with Crippen LogP contribution in [0.5, 0.6) is 0 Å². The topological polar surface area (TPSA) is 55.9 Å². The summed E-state index contributed by atoms with van der Waals surface area (Å²) in [4.78, 5) is 4.94. The van der Waals surface area contributed by atoms with Crippen molar-refractivity contribution < 1.29 is 8.42 Å². The lowest BCUT2D eigenvalue weighted by molar-refractivity contribution is 0.126. The standard InChI is InChI=1S/C20H34N4O2S/c25-27(26,24-13-6-1-2-7-14-24)21-11-8-12-22-15-17-23(18-16-22)19-20-9-4-3-5-10-20/h3-5,9-10,21H,1-2,6-8,11-19H2. The van der Waals surface area contributed by atoms with Crippen LogP contribution in [0.2, 0.25) is 0 Å². The van der Waals surface area contributed by atoms with E-state index in [1.54, 1.807) is 4.31 Å². The van der Waals surface area contributed by atoms with Gasteiger partial charge in [-0.05, 0) is 31.4 Å². The molecule has 27 heavy (non-hydrogen) atoms. The van der Waals surface area contributed by atoms with Crippen molar-refractivity contribution in [2.45, 2.75) is 38.6 Å². The highest BCUT2D eigenvalue weighted by molar-refractivity contribution is 7.87. The quantitative estimate of drug-likeness (QED) is 0.685. The fourth-order valence-corrected chi connectivity index (χ4v) is 5.21. The van der Waals surface area contributed by atoms with Crippen molar-refractivity contribution >= 4 is 10.2 Å². The Morgan fingerprint density at radius 2 is 1.44 bits per heavy atom. The Hall–Kier alpha value is -0.990. The zero-order valence-corrected chi connectivity index (χ0v) is 17.2. The molecular weight excluding hydrogens is 360 g/mol. The summed E-state index contributed by atoms with van der Waals surface area (Å²) in [6, 6.07) is 10.6. The summed E-state index contributed by atoms with van der Waals surface area (Å²) in [7, 11) is -3.30. The summed E-state index contributed by atoms with van der Waals surface area (Å²) in [6.45, 7) is 8.12. The molecule has 0 atom stereocenters. The molecule has 0 aromatic heterocycles. The molecule has 0 saturated carbocycles. The number of nitrogens with zero attached hydrogens (tertiary/aromatic N) is 3. The number of piperazine rings is 1. The molecule has 152 valence electrons. The smallest absolute Gasteiger partial charge is 0.279 e. The largest absolute Gasteiger partial charge is 0.301 e. The zero-order chi connectivity index (χ0) is 19.0. The molecule has 2 fully saturated rings. The molecule has 2 saturated heterocycles. The normalized spacial score (nSPS) is 21.2. The molecule has 0 radical (unpaired) electrons. The number of rotatable bonds is 8. The predicted molar refractivity (Wildman–Crippen MR) is 110 cm³/mol. The third-order valence-electron chi connectivity index (χ3n) is 5.55. The van der Waals surface area contributed by atoms with Gasteiger partial charge in [0.1, 0.15) is 0 Å². The molecule has 2 aliphatic heterocycles. The van der Waals surface area contributed by atoms with Gasteiger partial charge >= 0.3 is 0 Å². The van der Waals surface area contributed by atoms with Crippen LogP contribution in [-0.4, -0.2) is 74.9 Å². The van der Waals surface area contributed by atoms with E-state index in [4.69, 9.17) is 0 Å². The highest BCUT2D eigenvalue weighted by atomic mass is 32.2. The maximum absolute atomic E-state index is 12.4. The minimum atomic E-state index is -3.30. The average molecular weight is 395 g/mol. The van der Waals surface area contributed by atoms with Crippen LogP contribution >= 0.6 is 0 Å². The Labute approximate surface area is 164 Å². The zero-order valence-electron chi connectivity index (χ0n) is 16.4. The maximum Gasteiger partial charge on any atom is 0.279 e. The van der Waals surface area contributed by atoms with Crippen LogP contribution in [-0.2, 0) is 16.8 Å². The molecular formula is C20H34N4O2S. The number of benzene rings is 1. The van der Waals surface area contributed by atoms with E-state index in [9.17, 15) is 8.42 Å². The molecule has 0 aliphatic carbocycles. The van der Waals surface area contributed by atoms with Crippen molar-refractivity contribution in [3.05, 3.63) is 35.9 Å². The summed E-state index contributed by atoms with van der Waals surface area (Å²) in [6.07, 6.45) is 5.11. The van der Waals surface area contributed by atoms with Gasteiger partial charge in [-0.1, -0.05) is 43.2 Å². The van der Waals surface area contributed by atoms with Gasteiger partial charge in [0.2, 0.25) is 0 Å². The monoisotopic (exact) mass is 394 g/mol. The summed E-state index contributed by atoms with van der Waals surface area (Å²) in [5.74, 6) is 0.